The molecule has 6 heteroatoms. The predicted octanol–water partition coefficient (Wildman–Crippen LogP) is 4.12. The topological polar surface area (TPSA) is 48.4 Å². The molecule has 2 aromatic heterocycles. The van der Waals surface area contributed by atoms with Gasteiger partial charge in [0.1, 0.15) is 16.5 Å². The number of hydrogen-bond donors (Lipinski definition) is 0. The van der Waals surface area contributed by atoms with Crippen LogP contribution in [0.5, 0.6) is 11.5 Å². The minimum Gasteiger partial charge on any atom is -0.496 e. The molecule has 0 fully saturated rings. The van der Waals surface area contributed by atoms with Gasteiger partial charge in [0, 0.05) is 28.0 Å². The molecule has 0 N–H and O–H groups in total. The standard InChI is InChI=1S/C16H11NO3S2/c1-19-14-5-15-11(13(18)6-20-15)4-10(14)12-8-22-16(17-12)9-2-3-21-7-9/h2-5,7-8H,6H2,1H3. The highest BCUT2D eigenvalue weighted by Crippen LogP contribution is 2.40. The Balaban J connectivity index is 1.82. The summed E-state index contributed by atoms with van der Waals surface area (Å²) in [7, 11) is 1.61. The SMILES string of the molecule is COc1cc2c(cc1-c1csc(-c3ccsc3)n1)C(=O)CO2. The summed E-state index contributed by atoms with van der Waals surface area (Å²) in [6.07, 6.45) is 0. The zero-order valence-corrected chi connectivity index (χ0v) is 13.3. The lowest BCUT2D eigenvalue weighted by molar-refractivity contribution is 0.0961. The van der Waals surface area contributed by atoms with Crippen molar-refractivity contribution >= 4 is 28.5 Å². The molecule has 4 rings (SSSR count). The van der Waals surface area contributed by atoms with Gasteiger partial charge in [0.05, 0.1) is 18.4 Å². The van der Waals surface area contributed by atoms with E-state index in [-0.39, 0.29) is 12.4 Å². The normalized spacial score (nSPS) is 13.0. The number of carbonyl (C=O) groups excluding carboxylic acids is 1. The maximum absolute atomic E-state index is 11.9. The number of benzene rings is 1. The van der Waals surface area contributed by atoms with Crippen LogP contribution < -0.4 is 9.47 Å². The van der Waals surface area contributed by atoms with Crippen molar-refractivity contribution in [3.63, 3.8) is 0 Å². The summed E-state index contributed by atoms with van der Waals surface area (Å²) in [5, 5.41) is 7.04. The van der Waals surface area contributed by atoms with Gasteiger partial charge in [-0.25, -0.2) is 4.98 Å². The summed E-state index contributed by atoms with van der Waals surface area (Å²) in [6.45, 7) is 0.0964. The van der Waals surface area contributed by atoms with Crippen LogP contribution in [0.4, 0.5) is 0 Å². The number of ether oxygens (including phenoxy) is 2. The largest absolute Gasteiger partial charge is 0.496 e. The van der Waals surface area contributed by atoms with Crippen molar-refractivity contribution in [1.29, 1.82) is 0 Å². The molecule has 0 saturated carbocycles. The summed E-state index contributed by atoms with van der Waals surface area (Å²) < 4.78 is 10.8. The maximum Gasteiger partial charge on any atom is 0.203 e. The van der Waals surface area contributed by atoms with E-state index in [1.807, 2.05) is 22.9 Å². The average molecular weight is 329 g/mol. The lowest BCUT2D eigenvalue weighted by atomic mass is 10.0. The van der Waals surface area contributed by atoms with Crippen molar-refractivity contribution in [2.24, 2.45) is 0 Å². The van der Waals surface area contributed by atoms with Crippen LogP contribution in [-0.4, -0.2) is 24.5 Å². The predicted molar refractivity (Wildman–Crippen MR) is 87.2 cm³/mol. The quantitative estimate of drug-likeness (QED) is 0.725. The first-order chi connectivity index (χ1) is 10.8. The maximum atomic E-state index is 11.9. The van der Waals surface area contributed by atoms with E-state index in [0.29, 0.717) is 17.1 Å². The zero-order chi connectivity index (χ0) is 15.1. The molecule has 1 aliphatic heterocycles. The van der Waals surface area contributed by atoms with Crippen molar-refractivity contribution in [1.82, 2.24) is 4.98 Å². The highest BCUT2D eigenvalue weighted by atomic mass is 32.1. The summed E-state index contributed by atoms with van der Waals surface area (Å²) >= 11 is 3.22. The zero-order valence-electron chi connectivity index (χ0n) is 11.7. The van der Waals surface area contributed by atoms with E-state index >= 15 is 0 Å². The summed E-state index contributed by atoms with van der Waals surface area (Å²) in [4.78, 5) is 16.5. The smallest absolute Gasteiger partial charge is 0.203 e. The monoisotopic (exact) mass is 329 g/mol. The molecule has 3 heterocycles. The van der Waals surface area contributed by atoms with E-state index in [1.165, 1.54) is 0 Å². The number of rotatable bonds is 3. The molecule has 0 radical (unpaired) electrons. The Morgan fingerprint density at radius 1 is 1.27 bits per heavy atom. The molecular weight excluding hydrogens is 318 g/mol. The second-order valence-electron chi connectivity index (χ2n) is 4.81. The van der Waals surface area contributed by atoms with Gasteiger partial charge >= 0.3 is 0 Å². The molecule has 0 unspecified atom stereocenters. The van der Waals surface area contributed by atoms with Crippen LogP contribution in [0.3, 0.4) is 0 Å². The fraction of sp³-hybridized carbons (Fsp3) is 0.125. The van der Waals surface area contributed by atoms with E-state index < -0.39 is 0 Å². The third kappa shape index (κ3) is 2.12. The first-order valence-corrected chi connectivity index (χ1v) is 8.45. The molecule has 0 saturated heterocycles. The Bertz CT molecular complexity index is 852. The molecule has 22 heavy (non-hydrogen) atoms. The summed E-state index contributed by atoms with van der Waals surface area (Å²) in [5.74, 6) is 1.24. The van der Waals surface area contributed by atoms with E-state index in [0.717, 1.165) is 21.8 Å². The van der Waals surface area contributed by atoms with Crippen molar-refractivity contribution in [2.45, 2.75) is 0 Å². The van der Waals surface area contributed by atoms with Gasteiger partial charge in [-0.2, -0.15) is 11.3 Å². The number of nitrogens with zero attached hydrogens (tertiary/aromatic N) is 1. The van der Waals surface area contributed by atoms with Gasteiger partial charge in [0.2, 0.25) is 5.78 Å². The number of thiazole rings is 1. The van der Waals surface area contributed by atoms with Crippen LogP contribution in [0.15, 0.2) is 34.3 Å². The molecular formula is C16H11NO3S2. The fourth-order valence-corrected chi connectivity index (χ4v) is 3.94. The van der Waals surface area contributed by atoms with Gasteiger partial charge in [0.15, 0.2) is 6.61 Å². The van der Waals surface area contributed by atoms with Crippen LogP contribution in [0.25, 0.3) is 21.8 Å². The second-order valence-corrected chi connectivity index (χ2v) is 6.45. The van der Waals surface area contributed by atoms with Gasteiger partial charge in [0.25, 0.3) is 0 Å². The van der Waals surface area contributed by atoms with E-state index in [9.17, 15) is 4.79 Å². The van der Waals surface area contributed by atoms with Crippen LogP contribution in [0.1, 0.15) is 10.4 Å². The molecule has 0 spiro atoms. The number of aromatic nitrogens is 1. The van der Waals surface area contributed by atoms with Crippen LogP contribution in [0.2, 0.25) is 0 Å². The molecule has 0 amide bonds. The molecule has 110 valence electrons. The number of methoxy groups -OCH3 is 1. The molecule has 3 aromatic rings. The number of thiophene rings is 1. The Labute approximate surface area is 135 Å². The fourth-order valence-electron chi connectivity index (χ4n) is 2.40. The number of ketones is 1. The van der Waals surface area contributed by atoms with Gasteiger partial charge in [-0.05, 0) is 17.5 Å². The number of fused-ring (bicyclic) bond motifs is 1. The van der Waals surface area contributed by atoms with Crippen molar-refractivity contribution < 1.29 is 14.3 Å². The van der Waals surface area contributed by atoms with Gasteiger partial charge < -0.3 is 9.47 Å². The minimum atomic E-state index is -0.00723. The third-order valence-electron chi connectivity index (χ3n) is 3.51. The van der Waals surface area contributed by atoms with Crippen LogP contribution in [0, 0.1) is 0 Å². The van der Waals surface area contributed by atoms with Crippen molar-refractivity contribution in [3.05, 3.63) is 39.9 Å². The summed E-state index contributed by atoms with van der Waals surface area (Å²) in [5.41, 5.74) is 3.34. The molecule has 0 aliphatic carbocycles. The van der Waals surface area contributed by atoms with Crippen molar-refractivity contribution in [2.75, 3.05) is 13.7 Å². The molecule has 1 aliphatic rings. The first kappa shape index (κ1) is 13.5. The van der Waals surface area contributed by atoms with Gasteiger partial charge in [-0.15, -0.1) is 11.3 Å². The number of hydrogen-bond acceptors (Lipinski definition) is 6. The van der Waals surface area contributed by atoms with E-state index in [4.69, 9.17) is 9.47 Å². The Kier molecular flexibility index (Phi) is 3.20. The van der Waals surface area contributed by atoms with Crippen LogP contribution >= 0.6 is 22.7 Å². The van der Waals surface area contributed by atoms with Crippen molar-refractivity contribution in [3.8, 4) is 33.3 Å². The Morgan fingerprint density at radius 3 is 2.95 bits per heavy atom. The molecule has 0 bridgehead atoms. The molecule has 4 nitrogen and oxygen atoms in total. The van der Waals surface area contributed by atoms with Crippen LogP contribution in [-0.2, 0) is 0 Å². The highest BCUT2D eigenvalue weighted by molar-refractivity contribution is 7.14. The Morgan fingerprint density at radius 2 is 2.18 bits per heavy atom. The van der Waals surface area contributed by atoms with E-state index in [1.54, 1.807) is 35.8 Å². The lowest BCUT2D eigenvalue weighted by Crippen LogP contribution is -1.99. The minimum absolute atomic E-state index is 0.00723. The summed E-state index contributed by atoms with van der Waals surface area (Å²) in [6, 6.07) is 5.62. The first-order valence-electron chi connectivity index (χ1n) is 6.63. The third-order valence-corrected chi connectivity index (χ3v) is 5.08. The van der Waals surface area contributed by atoms with Gasteiger partial charge in [-0.1, -0.05) is 0 Å². The van der Waals surface area contributed by atoms with Gasteiger partial charge in [-0.3, -0.25) is 4.79 Å². The molecule has 0 atom stereocenters. The number of carbonyl (C=O) groups is 1. The number of Topliss-reactive ketones (excluding diaryl/α,β-unsaturated/α-hetero) is 1. The van der Waals surface area contributed by atoms with E-state index in [2.05, 4.69) is 10.4 Å². The Hall–Kier alpha value is -2.18. The second kappa shape index (κ2) is 5.23. The average Bonchev–Trinajstić information content (AvgIpc) is 3.26. The molecule has 1 aromatic carbocycles. The lowest BCUT2D eigenvalue weighted by Gasteiger charge is -2.08. The highest BCUT2D eigenvalue weighted by Gasteiger charge is 2.25.